The number of carbonyl (C=O) groups is 1. The van der Waals surface area contributed by atoms with E-state index in [1.54, 1.807) is 48.0 Å². The van der Waals surface area contributed by atoms with Gasteiger partial charge in [-0.3, -0.25) is 4.79 Å². The fraction of sp³-hybridized carbons (Fsp3) is 0.125. The summed E-state index contributed by atoms with van der Waals surface area (Å²) in [5.74, 6) is 0.612. The molecule has 0 bridgehead atoms. The van der Waals surface area contributed by atoms with Crippen molar-refractivity contribution in [2.75, 3.05) is 11.1 Å². The summed E-state index contributed by atoms with van der Waals surface area (Å²) in [5, 5.41) is 12.8. The molecule has 6 nitrogen and oxygen atoms in total. The number of halogens is 3. The average molecular weight is 429 g/mol. The van der Waals surface area contributed by atoms with Crippen LogP contribution in [0.25, 0.3) is 11.4 Å². The molecule has 0 radical (unpaired) electrons. The van der Waals surface area contributed by atoms with Gasteiger partial charge in [0, 0.05) is 23.3 Å². The van der Waals surface area contributed by atoms with Crippen LogP contribution in [0.3, 0.4) is 0 Å². The molecule has 1 N–H and O–H groups in total. The molecule has 0 unspecified atom stereocenters. The van der Waals surface area contributed by atoms with Crippen LogP contribution in [-0.2, 0) is 11.8 Å². The molecule has 0 fully saturated rings. The van der Waals surface area contributed by atoms with Crippen molar-refractivity contribution in [1.29, 1.82) is 0 Å². The van der Waals surface area contributed by atoms with E-state index in [9.17, 15) is 4.79 Å². The molecule has 0 spiro atoms. The van der Waals surface area contributed by atoms with Crippen LogP contribution in [0.4, 0.5) is 5.69 Å². The normalized spacial score (nSPS) is 10.8. The second-order valence-corrected chi connectivity index (χ2v) is 7.36. The number of carbonyl (C=O) groups excluding carboxylic acids is 1. The van der Waals surface area contributed by atoms with Crippen LogP contribution >= 0.6 is 46.6 Å². The van der Waals surface area contributed by atoms with Crippen LogP contribution in [-0.4, -0.2) is 31.4 Å². The quantitative estimate of drug-likeness (QED) is 0.476. The third-order valence-electron chi connectivity index (χ3n) is 3.32. The van der Waals surface area contributed by atoms with Gasteiger partial charge in [0.15, 0.2) is 11.0 Å². The average Bonchev–Trinajstić information content (AvgIpc) is 2.95. The van der Waals surface area contributed by atoms with Crippen LogP contribution in [0.2, 0.25) is 15.3 Å². The molecule has 0 aliphatic carbocycles. The highest BCUT2D eigenvalue weighted by molar-refractivity contribution is 7.99. The zero-order valence-electron chi connectivity index (χ0n) is 13.4. The molecule has 134 valence electrons. The Morgan fingerprint density at radius 3 is 2.42 bits per heavy atom. The Balaban J connectivity index is 1.66. The number of hydrogen-bond donors (Lipinski definition) is 1. The molecular weight excluding hydrogens is 417 g/mol. The predicted octanol–water partition coefficient (Wildman–Crippen LogP) is 4.57. The fourth-order valence-corrected chi connectivity index (χ4v) is 3.44. The monoisotopic (exact) mass is 427 g/mol. The summed E-state index contributed by atoms with van der Waals surface area (Å²) in [6, 6.07) is 10.2. The SMILES string of the molecule is Cn1c(SCC(=O)Nc2ccc(Cl)cc2)nnc1-c1cc(Cl)nc(Cl)c1. The van der Waals surface area contributed by atoms with Crippen LogP contribution in [0.1, 0.15) is 0 Å². The minimum atomic E-state index is -0.156. The van der Waals surface area contributed by atoms with E-state index in [1.165, 1.54) is 11.8 Å². The van der Waals surface area contributed by atoms with Gasteiger partial charge in [0.25, 0.3) is 0 Å². The number of aromatic nitrogens is 4. The van der Waals surface area contributed by atoms with Crippen LogP contribution in [0.15, 0.2) is 41.6 Å². The number of anilines is 1. The maximum atomic E-state index is 12.1. The van der Waals surface area contributed by atoms with E-state index in [4.69, 9.17) is 34.8 Å². The van der Waals surface area contributed by atoms with Crippen molar-refractivity contribution in [1.82, 2.24) is 19.7 Å². The molecule has 3 aromatic rings. The van der Waals surface area contributed by atoms with Gasteiger partial charge in [0.1, 0.15) is 10.3 Å². The van der Waals surface area contributed by atoms with Gasteiger partial charge in [0.2, 0.25) is 5.91 Å². The lowest BCUT2D eigenvalue weighted by atomic mass is 10.2. The Morgan fingerprint density at radius 1 is 1.12 bits per heavy atom. The molecule has 3 rings (SSSR count). The molecule has 1 amide bonds. The molecule has 0 saturated heterocycles. The molecule has 10 heteroatoms. The summed E-state index contributed by atoms with van der Waals surface area (Å²) >= 11 is 19.0. The van der Waals surface area contributed by atoms with Crippen LogP contribution < -0.4 is 5.32 Å². The summed E-state index contributed by atoms with van der Waals surface area (Å²) in [7, 11) is 1.80. The van der Waals surface area contributed by atoms with Crippen molar-refractivity contribution in [3.63, 3.8) is 0 Å². The van der Waals surface area contributed by atoms with Gasteiger partial charge in [-0.15, -0.1) is 10.2 Å². The molecule has 26 heavy (non-hydrogen) atoms. The van der Waals surface area contributed by atoms with Gasteiger partial charge in [-0.05, 0) is 36.4 Å². The molecule has 0 atom stereocenters. The lowest BCUT2D eigenvalue weighted by Crippen LogP contribution is -2.14. The first-order valence-corrected chi connectivity index (χ1v) is 9.45. The maximum absolute atomic E-state index is 12.1. The Morgan fingerprint density at radius 2 is 1.77 bits per heavy atom. The smallest absolute Gasteiger partial charge is 0.234 e. The highest BCUT2D eigenvalue weighted by atomic mass is 35.5. The summed E-state index contributed by atoms with van der Waals surface area (Å²) in [6.07, 6.45) is 0. The summed E-state index contributed by atoms with van der Waals surface area (Å²) in [5.41, 5.74) is 1.38. The van der Waals surface area contributed by atoms with E-state index in [0.29, 0.717) is 27.3 Å². The zero-order valence-corrected chi connectivity index (χ0v) is 16.5. The van der Waals surface area contributed by atoms with Crippen molar-refractivity contribution in [2.45, 2.75) is 5.16 Å². The van der Waals surface area contributed by atoms with E-state index in [-0.39, 0.29) is 22.0 Å². The van der Waals surface area contributed by atoms with Crippen molar-refractivity contribution in [3.05, 3.63) is 51.7 Å². The van der Waals surface area contributed by atoms with Crippen molar-refractivity contribution >= 4 is 58.2 Å². The predicted molar refractivity (Wildman–Crippen MR) is 105 cm³/mol. The minimum absolute atomic E-state index is 0.156. The minimum Gasteiger partial charge on any atom is -0.325 e. The summed E-state index contributed by atoms with van der Waals surface area (Å²) < 4.78 is 1.77. The Hall–Kier alpha value is -1.80. The molecule has 2 heterocycles. The van der Waals surface area contributed by atoms with Gasteiger partial charge in [-0.25, -0.2) is 4.98 Å². The first-order chi connectivity index (χ1) is 12.4. The molecule has 0 saturated carbocycles. The van der Waals surface area contributed by atoms with E-state index in [1.807, 2.05) is 0 Å². The number of benzene rings is 1. The highest BCUT2D eigenvalue weighted by Crippen LogP contribution is 2.26. The van der Waals surface area contributed by atoms with E-state index in [2.05, 4.69) is 20.5 Å². The molecule has 0 aliphatic rings. The highest BCUT2D eigenvalue weighted by Gasteiger charge is 2.14. The lowest BCUT2D eigenvalue weighted by Gasteiger charge is -2.06. The Bertz CT molecular complexity index is 925. The first kappa shape index (κ1) is 19.0. The number of rotatable bonds is 5. The maximum Gasteiger partial charge on any atom is 0.234 e. The summed E-state index contributed by atoms with van der Waals surface area (Å²) in [6.45, 7) is 0. The zero-order chi connectivity index (χ0) is 18.7. The molecule has 2 aromatic heterocycles. The van der Waals surface area contributed by atoms with E-state index >= 15 is 0 Å². The van der Waals surface area contributed by atoms with Gasteiger partial charge in [-0.1, -0.05) is 46.6 Å². The Kier molecular flexibility index (Phi) is 6.03. The summed E-state index contributed by atoms with van der Waals surface area (Å²) in [4.78, 5) is 16.0. The largest absolute Gasteiger partial charge is 0.325 e. The number of nitrogens with zero attached hydrogens (tertiary/aromatic N) is 4. The standard InChI is InChI=1S/C16H12Cl3N5OS/c1-24-15(9-6-12(18)21-13(19)7-9)22-23-16(24)26-8-14(25)20-11-4-2-10(17)3-5-11/h2-7H,8H2,1H3,(H,20,25). The lowest BCUT2D eigenvalue weighted by molar-refractivity contribution is -0.113. The van der Waals surface area contributed by atoms with Gasteiger partial charge < -0.3 is 9.88 Å². The topological polar surface area (TPSA) is 72.7 Å². The number of nitrogens with one attached hydrogen (secondary N) is 1. The van der Waals surface area contributed by atoms with Gasteiger partial charge >= 0.3 is 0 Å². The first-order valence-electron chi connectivity index (χ1n) is 7.33. The number of thioether (sulfide) groups is 1. The van der Waals surface area contributed by atoms with Crippen molar-refractivity contribution in [3.8, 4) is 11.4 Å². The van der Waals surface area contributed by atoms with Gasteiger partial charge in [-0.2, -0.15) is 0 Å². The second-order valence-electron chi connectivity index (χ2n) is 5.21. The van der Waals surface area contributed by atoms with E-state index < -0.39 is 0 Å². The third kappa shape index (κ3) is 4.67. The fourth-order valence-electron chi connectivity index (χ4n) is 2.15. The van der Waals surface area contributed by atoms with Crippen molar-refractivity contribution in [2.24, 2.45) is 7.05 Å². The number of amides is 1. The van der Waals surface area contributed by atoms with E-state index in [0.717, 1.165) is 0 Å². The molecule has 0 aliphatic heterocycles. The third-order valence-corrected chi connectivity index (χ3v) is 4.98. The van der Waals surface area contributed by atoms with Crippen LogP contribution in [0, 0.1) is 0 Å². The molecular formula is C16H12Cl3N5OS. The van der Waals surface area contributed by atoms with Crippen molar-refractivity contribution < 1.29 is 4.79 Å². The second kappa shape index (κ2) is 8.26. The van der Waals surface area contributed by atoms with Crippen LogP contribution in [0.5, 0.6) is 0 Å². The molecule has 1 aromatic carbocycles. The Labute approximate surface area is 168 Å². The number of pyridine rings is 1. The van der Waals surface area contributed by atoms with Gasteiger partial charge in [0.05, 0.1) is 5.75 Å². The number of hydrogen-bond acceptors (Lipinski definition) is 5.